The van der Waals surface area contributed by atoms with Crippen molar-refractivity contribution in [3.05, 3.63) is 112 Å². The molecule has 2 heterocycles. The van der Waals surface area contributed by atoms with Gasteiger partial charge in [0.1, 0.15) is 4.90 Å². The van der Waals surface area contributed by atoms with Crippen molar-refractivity contribution in [1.29, 1.82) is 0 Å². The van der Waals surface area contributed by atoms with Gasteiger partial charge in [-0.05, 0) is 48.0 Å². The summed E-state index contributed by atoms with van der Waals surface area (Å²) in [5.74, 6) is -1.12. The largest absolute Gasteiger partial charge is 0.354 e. The second-order valence-electron chi connectivity index (χ2n) is 9.68. The first-order valence-corrected chi connectivity index (χ1v) is 15.3. The Labute approximate surface area is 243 Å². The van der Waals surface area contributed by atoms with Gasteiger partial charge in [0, 0.05) is 41.5 Å². The van der Waals surface area contributed by atoms with Gasteiger partial charge in [0.25, 0.3) is 25.8 Å². The van der Waals surface area contributed by atoms with Crippen molar-refractivity contribution in [2.24, 2.45) is 7.05 Å². The van der Waals surface area contributed by atoms with Crippen molar-refractivity contribution < 1.29 is 35.5 Å². The molecule has 43 heavy (non-hydrogen) atoms. The fourth-order valence-corrected chi connectivity index (χ4v) is 6.51. The molecule has 1 aliphatic carbocycles. The van der Waals surface area contributed by atoms with E-state index in [0.717, 1.165) is 12.1 Å². The Balaban J connectivity index is 1.69. The van der Waals surface area contributed by atoms with Gasteiger partial charge in [-0.3, -0.25) is 28.5 Å². The van der Waals surface area contributed by atoms with Crippen LogP contribution < -0.4 is 10.9 Å². The molecule has 0 amide bonds. The molecule has 6 rings (SSSR count). The van der Waals surface area contributed by atoms with E-state index < -0.39 is 47.2 Å². The Kier molecular flexibility index (Phi) is 6.39. The third-order valence-corrected chi connectivity index (χ3v) is 8.92. The van der Waals surface area contributed by atoms with E-state index in [1.807, 2.05) is 0 Å². The summed E-state index contributed by atoms with van der Waals surface area (Å²) in [7, 11) is -8.41. The number of benzene rings is 3. The summed E-state index contributed by atoms with van der Waals surface area (Å²) in [5.41, 5.74) is 0.115. The number of carbonyl (C=O) groups excluding carboxylic acids is 2. The first-order chi connectivity index (χ1) is 20.3. The normalized spacial score (nSPS) is 12.7. The van der Waals surface area contributed by atoms with Crippen LogP contribution in [0.3, 0.4) is 0 Å². The summed E-state index contributed by atoms with van der Waals surface area (Å²) >= 11 is 0. The first-order valence-electron chi connectivity index (χ1n) is 12.4. The maximum atomic E-state index is 14.0. The van der Waals surface area contributed by atoms with E-state index in [9.17, 15) is 40.3 Å². The monoisotopic (exact) mass is 617 g/mol. The summed E-state index contributed by atoms with van der Waals surface area (Å²) in [4.78, 5) is 43.8. The number of pyridine rings is 2. The molecule has 12 nitrogen and oxygen atoms in total. The van der Waals surface area contributed by atoms with E-state index in [1.54, 1.807) is 24.3 Å². The Bertz CT molecular complexity index is 2330. The van der Waals surface area contributed by atoms with Crippen molar-refractivity contribution in [2.75, 3.05) is 5.32 Å². The molecule has 3 aromatic carbocycles. The highest BCUT2D eigenvalue weighted by Gasteiger charge is 2.34. The van der Waals surface area contributed by atoms with E-state index in [1.165, 1.54) is 48.3 Å². The highest BCUT2D eigenvalue weighted by Crippen LogP contribution is 2.44. The fraction of sp³-hybridized carbons (Fsp3) is 0.0345. The Morgan fingerprint density at radius 2 is 1.53 bits per heavy atom. The molecule has 0 radical (unpaired) electrons. The molecule has 3 N–H and O–H groups in total. The van der Waals surface area contributed by atoms with Crippen LogP contribution in [-0.4, -0.2) is 47.1 Å². The number of carbonyl (C=O) groups is 2. The third kappa shape index (κ3) is 4.53. The second-order valence-corrected chi connectivity index (χ2v) is 12.5. The van der Waals surface area contributed by atoms with Gasteiger partial charge in [0.05, 0.1) is 32.9 Å². The molecule has 0 atom stereocenters. The number of aryl methyl sites for hydroxylation is 1. The van der Waals surface area contributed by atoms with Gasteiger partial charge in [0.2, 0.25) is 5.78 Å². The predicted molar refractivity (Wildman–Crippen MR) is 155 cm³/mol. The lowest BCUT2D eigenvalue weighted by Crippen LogP contribution is -2.29. The first kappa shape index (κ1) is 28.1. The van der Waals surface area contributed by atoms with Crippen LogP contribution in [-0.2, 0) is 27.3 Å². The van der Waals surface area contributed by atoms with Crippen LogP contribution in [0.5, 0.6) is 0 Å². The molecule has 0 bridgehead atoms. The number of hydrogen-bond acceptors (Lipinski definition) is 9. The van der Waals surface area contributed by atoms with Gasteiger partial charge in [-0.25, -0.2) is 0 Å². The number of aromatic nitrogens is 2. The van der Waals surface area contributed by atoms with Crippen molar-refractivity contribution in [3.63, 3.8) is 0 Å². The average Bonchev–Trinajstić information content (AvgIpc) is 2.97. The highest BCUT2D eigenvalue weighted by atomic mass is 32.2. The molecule has 0 fully saturated rings. The number of ketones is 2. The molecule has 0 spiro atoms. The van der Waals surface area contributed by atoms with Crippen LogP contribution in [0, 0.1) is 0 Å². The van der Waals surface area contributed by atoms with Crippen LogP contribution in [0.4, 0.5) is 11.4 Å². The SMILES string of the molecule is Cn1c(=O)c(C(=O)c2cccnc2)c2c3c(c(Nc4ccc(S(=O)(=O)O)cc4S(=O)(=O)O)ccc31)C(=O)c1ccccc1-2. The summed E-state index contributed by atoms with van der Waals surface area (Å²) < 4.78 is 68.2. The Morgan fingerprint density at radius 1 is 0.837 bits per heavy atom. The second kappa shape index (κ2) is 9.78. The smallest absolute Gasteiger partial charge is 0.296 e. The van der Waals surface area contributed by atoms with Crippen LogP contribution in [0.15, 0.2) is 93.7 Å². The van der Waals surface area contributed by atoms with Gasteiger partial charge in [-0.1, -0.05) is 24.3 Å². The topological polar surface area (TPSA) is 190 Å². The fourth-order valence-electron chi connectivity index (χ4n) is 5.25. The zero-order valence-corrected chi connectivity index (χ0v) is 23.6. The minimum atomic E-state index is -5.03. The summed E-state index contributed by atoms with van der Waals surface area (Å²) in [6.07, 6.45) is 2.80. The van der Waals surface area contributed by atoms with Crippen LogP contribution >= 0.6 is 0 Å². The molecular formula is C29H19N3O9S2. The summed E-state index contributed by atoms with van der Waals surface area (Å²) in [6.45, 7) is 0. The number of rotatable bonds is 6. The van der Waals surface area contributed by atoms with E-state index in [2.05, 4.69) is 10.3 Å². The molecule has 5 aromatic rings. The molecule has 2 aromatic heterocycles. The zero-order chi connectivity index (χ0) is 30.8. The van der Waals surface area contributed by atoms with Crippen molar-refractivity contribution in [3.8, 4) is 11.1 Å². The predicted octanol–water partition coefficient (Wildman–Crippen LogP) is 3.61. The van der Waals surface area contributed by atoms with E-state index in [0.29, 0.717) is 17.1 Å². The van der Waals surface area contributed by atoms with Gasteiger partial charge in [-0.2, -0.15) is 16.8 Å². The van der Waals surface area contributed by atoms with Crippen molar-refractivity contribution >= 4 is 54.1 Å². The quantitative estimate of drug-likeness (QED) is 0.183. The lowest BCUT2D eigenvalue weighted by atomic mass is 9.80. The molecule has 0 saturated carbocycles. The average molecular weight is 618 g/mol. The molecule has 216 valence electrons. The summed E-state index contributed by atoms with van der Waals surface area (Å²) in [5, 5.41) is 3.03. The van der Waals surface area contributed by atoms with E-state index >= 15 is 0 Å². The molecule has 0 saturated heterocycles. The number of nitrogens with one attached hydrogen (secondary N) is 1. The Hall–Kier alpha value is -5.02. The van der Waals surface area contributed by atoms with Crippen LogP contribution in [0.25, 0.3) is 22.0 Å². The molecule has 1 aliphatic rings. The minimum Gasteiger partial charge on any atom is -0.354 e. The van der Waals surface area contributed by atoms with Crippen LogP contribution in [0.1, 0.15) is 31.8 Å². The maximum absolute atomic E-state index is 14.0. The van der Waals surface area contributed by atoms with Gasteiger partial charge >= 0.3 is 0 Å². The number of hydrogen-bond donors (Lipinski definition) is 3. The van der Waals surface area contributed by atoms with Gasteiger partial charge < -0.3 is 9.88 Å². The summed E-state index contributed by atoms with van der Waals surface area (Å²) in [6, 6.07) is 14.9. The maximum Gasteiger partial charge on any atom is 0.296 e. The Morgan fingerprint density at radius 3 is 2.19 bits per heavy atom. The van der Waals surface area contributed by atoms with Gasteiger partial charge in [-0.15, -0.1) is 0 Å². The number of nitrogens with zero attached hydrogens (tertiary/aromatic N) is 2. The van der Waals surface area contributed by atoms with E-state index in [-0.39, 0.29) is 44.6 Å². The van der Waals surface area contributed by atoms with Crippen molar-refractivity contribution in [2.45, 2.75) is 9.79 Å². The molecule has 0 unspecified atom stereocenters. The highest BCUT2D eigenvalue weighted by molar-refractivity contribution is 7.86. The van der Waals surface area contributed by atoms with Crippen molar-refractivity contribution in [1.82, 2.24) is 9.55 Å². The molecule has 14 heteroatoms. The van der Waals surface area contributed by atoms with E-state index in [4.69, 9.17) is 0 Å². The molecule has 0 aliphatic heterocycles. The standard InChI is InChI=1S/C29H19N3O9S2/c1-32-21-11-10-20(31-19-9-8-16(42(36,37)38)13-22(19)43(39,40)41)24-25(21)23(17-6-2-3-7-18(17)28(24)34)26(29(32)35)27(33)15-5-4-12-30-14-15/h2-14,31H,1H3,(H,36,37,38)(H,39,40,41). The molecular weight excluding hydrogens is 598 g/mol. The zero-order valence-electron chi connectivity index (χ0n) is 22.0. The number of fused-ring (bicyclic) bond motifs is 2. The van der Waals surface area contributed by atoms with Crippen LogP contribution in [0.2, 0.25) is 0 Å². The third-order valence-electron chi connectivity index (χ3n) is 7.18. The van der Waals surface area contributed by atoms with Gasteiger partial charge in [0.15, 0.2) is 5.78 Å². The minimum absolute atomic E-state index is 0.00202. The lowest BCUT2D eigenvalue weighted by Gasteiger charge is -2.25. The number of anilines is 2. The lowest BCUT2D eigenvalue weighted by molar-refractivity contribution is 0.102.